The molecule has 3 aromatic carbocycles. The van der Waals surface area contributed by atoms with Gasteiger partial charge in [0.25, 0.3) is 11.8 Å². The summed E-state index contributed by atoms with van der Waals surface area (Å²) in [7, 11) is 1.54. The van der Waals surface area contributed by atoms with E-state index < -0.39 is 17.8 Å². The Bertz CT molecular complexity index is 1290. The van der Waals surface area contributed by atoms with E-state index in [0.717, 1.165) is 21.6 Å². The minimum Gasteiger partial charge on any atom is -0.497 e. The molecule has 4 rings (SSSR count). The highest BCUT2D eigenvalue weighted by Crippen LogP contribution is 2.29. The summed E-state index contributed by atoms with van der Waals surface area (Å²) in [6.45, 7) is 4.19. The summed E-state index contributed by atoms with van der Waals surface area (Å²) in [6, 6.07) is 19.1. The second kappa shape index (κ2) is 9.62. The molecular formula is C27H24N2O5. The molecule has 34 heavy (non-hydrogen) atoms. The Hall–Kier alpha value is -4.39. The average Bonchev–Trinajstić information content (AvgIpc) is 2.82. The molecule has 1 N–H and O–H groups in total. The monoisotopic (exact) mass is 456 g/mol. The first-order chi connectivity index (χ1) is 16.4. The molecule has 0 atom stereocenters. The highest BCUT2D eigenvalue weighted by molar-refractivity contribution is 6.39. The number of methoxy groups -OCH3 is 1. The molecule has 1 saturated heterocycles. The van der Waals surface area contributed by atoms with Crippen LogP contribution in [0.25, 0.3) is 6.08 Å². The van der Waals surface area contributed by atoms with Gasteiger partial charge < -0.3 is 9.47 Å². The molecule has 7 heteroatoms. The fraction of sp³-hybridized carbons (Fsp3) is 0.148. The number of anilines is 1. The smallest absolute Gasteiger partial charge is 0.335 e. The van der Waals surface area contributed by atoms with Gasteiger partial charge in [0.15, 0.2) is 0 Å². The minimum absolute atomic E-state index is 0.175. The SMILES string of the molecule is COc1ccc(/C=C2\C(=O)NC(=O)N(c3ccc(C)cc3)C2=O)c(OCc2cccc(C)c2)c1. The van der Waals surface area contributed by atoms with Crippen LogP contribution in [0.5, 0.6) is 11.5 Å². The molecule has 1 heterocycles. The summed E-state index contributed by atoms with van der Waals surface area (Å²) >= 11 is 0. The Labute approximate surface area is 197 Å². The van der Waals surface area contributed by atoms with Crippen LogP contribution in [0.3, 0.4) is 0 Å². The molecule has 1 fully saturated rings. The van der Waals surface area contributed by atoms with E-state index in [-0.39, 0.29) is 5.57 Å². The van der Waals surface area contributed by atoms with E-state index in [1.165, 1.54) is 6.08 Å². The Balaban J connectivity index is 1.68. The number of hydrogen-bond acceptors (Lipinski definition) is 5. The maximum absolute atomic E-state index is 13.2. The van der Waals surface area contributed by atoms with Crippen molar-refractivity contribution in [2.45, 2.75) is 20.5 Å². The van der Waals surface area contributed by atoms with Crippen molar-refractivity contribution in [3.05, 3.63) is 94.6 Å². The molecule has 1 aliphatic rings. The first-order valence-corrected chi connectivity index (χ1v) is 10.7. The van der Waals surface area contributed by atoms with E-state index in [4.69, 9.17) is 9.47 Å². The van der Waals surface area contributed by atoms with Crippen LogP contribution in [0, 0.1) is 13.8 Å². The van der Waals surface area contributed by atoms with Gasteiger partial charge in [-0.25, -0.2) is 9.69 Å². The summed E-state index contributed by atoms with van der Waals surface area (Å²) in [5, 5.41) is 2.24. The number of aryl methyl sites for hydroxylation is 2. The van der Waals surface area contributed by atoms with Gasteiger partial charge in [-0.1, -0.05) is 47.5 Å². The Kier molecular flexibility index (Phi) is 6.45. The lowest BCUT2D eigenvalue weighted by atomic mass is 10.1. The first-order valence-electron chi connectivity index (χ1n) is 10.7. The van der Waals surface area contributed by atoms with Crippen molar-refractivity contribution in [1.29, 1.82) is 0 Å². The van der Waals surface area contributed by atoms with Gasteiger partial charge in [0, 0.05) is 11.6 Å². The molecule has 0 spiro atoms. The zero-order chi connectivity index (χ0) is 24.2. The van der Waals surface area contributed by atoms with Crippen LogP contribution in [0.2, 0.25) is 0 Å². The standard InChI is InChI=1S/C27H24N2O5/c1-17-7-10-21(11-8-17)29-26(31)23(25(30)28-27(29)32)14-20-9-12-22(33-3)15-24(20)34-16-19-6-4-5-18(2)13-19/h4-15H,16H2,1-3H3,(H,28,30,32)/b23-14+. The highest BCUT2D eigenvalue weighted by atomic mass is 16.5. The van der Waals surface area contributed by atoms with Gasteiger partial charge in [0.1, 0.15) is 23.7 Å². The molecule has 0 aliphatic carbocycles. The van der Waals surface area contributed by atoms with Gasteiger partial charge in [-0.05, 0) is 49.8 Å². The number of amides is 4. The Morgan fingerprint density at radius 3 is 2.38 bits per heavy atom. The zero-order valence-electron chi connectivity index (χ0n) is 19.1. The summed E-state index contributed by atoms with van der Waals surface area (Å²) in [4.78, 5) is 39.2. The molecule has 0 radical (unpaired) electrons. The van der Waals surface area contributed by atoms with Gasteiger partial charge in [-0.2, -0.15) is 0 Å². The fourth-order valence-corrected chi connectivity index (χ4v) is 3.59. The molecule has 4 amide bonds. The van der Waals surface area contributed by atoms with Crippen molar-refractivity contribution in [2.24, 2.45) is 0 Å². The van der Waals surface area contributed by atoms with E-state index >= 15 is 0 Å². The van der Waals surface area contributed by atoms with Crippen LogP contribution in [0.15, 0.2) is 72.3 Å². The van der Waals surface area contributed by atoms with Gasteiger partial charge >= 0.3 is 6.03 Å². The van der Waals surface area contributed by atoms with Crippen LogP contribution in [0.4, 0.5) is 10.5 Å². The van der Waals surface area contributed by atoms with Gasteiger partial charge in [0.2, 0.25) is 0 Å². The van der Waals surface area contributed by atoms with E-state index in [9.17, 15) is 14.4 Å². The quantitative estimate of drug-likeness (QED) is 0.434. The summed E-state index contributed by atoms with van der Waals surface area (Å²) in [5.41, 5.74) is 3.77. The molecular weight excluding hydrogens is 432 g/mol. The van der Waals surface area contributed by atoms with Crippen LogP contribution in [-0.2, 0) is 16.2 Å². The van der Waals surface area contributed by atoms with Crippen molar-refractivity contribution in [3.63, 3.8) is 0 Å². The van der Waals surface area contributed by atoms with E-state index in [1.807, 2.05) is 38.1 Å². The molecule has 1 aliphatic heterocycles. The van der Waals surface area contributed by atoms with Crippen molar-refractivity contribution in [2.75, 3.05) is 12.0 Å². The molecule has 0 aromatic heterocycles. The third-order valence-electron chi connectivity index (χ3n) is 5.39. The van der Waals surface area contributed by atoms with Crippen molar-refractivity contribution in [3.8, 4) is 11.5 Å². The maximum atomic E-state index is 13.2. The van der Waals surface area contributed by atoms with Crippen LogP contribution < -0.4 is 19.7 Å². The Morgan fingerprint density at radius 2 is 1.68 bits per heavy atom. The predicted octanol–water partition coefficient (Wildman–Crippen LogP) is 4.56. The number of ether oxygens (including phenoxy) is 2. The molecule has 3 aromatic rings. The second-order valence-corrected chi connectivity index (χ2v) is 7.97. The third kappa shape index (κ3) is 4.83. The number of imide groups is 2. The number of hydrogen-bond donors (Lipinski definition) is 1. The number of carbonyl (C=O) groups excluding carboxylic acids is 3. The topological polar surface area (TPSA) is 84.9 Å². The molecule has 7 nitrogen and oxygen atoms in total. The first kappa shape index (κ1) is 22.8. The van der Waals surface area contributed by atoms with Crippen LogP contribution in [0.1, 0.15) is 22.3 Å². The van der Waals surface area contributed by atoms with Crippen molar-refractivity contribution in [1.82, 2.24) is 5.32 Å². The second-order valence-electron chi connectivity index (χ2n) is 7.97. The number of nitrogens with one attached hydrogen (secondary N) is 1. The van der Waals surface area contributed by atoms with E-state index in [1.54, 1.807) is 49.6 Å². The normalized spacial score (nSPS) is 14.9. The fourth-order valence-electron chi connectivity index (χ4n) is 3.59. The van der Waals surface area contributed by atoms with Gasteiger partial charge in [-0.3, -0.25) is 14.9 Å². The lowest BCUT2D eigenvalue weighted by Gasteiger charge is -2.26. The average molecular weight is 456 g/mol. The summed E-state index contributed by atoms with van der Waals surface area (Å²) < 4.78 is 11.3. The zero-order valence-corrected chi connectivity index (χ0v) is 19.1. The molecule has 0 saturated carbocycles. The molecule has 172 valence electrons. The number of urea groups is 1. The number of carbonyl (C=O) groups is 3. The lowest BCUT2D eigenvalue weighted by molar-refractivity contribution is -0.122. The number of barbiturate groups is 1. The van der Waals surface area contributed by atoms with Crippen molar-refractivity contribution >= 4 is 29.6 Å². The number of rotatable bonds is 6. The number of nitrogens with zero attached hydrogens (tertiary/aromatic N) is 1. The third-order valence-corrected chi connectivity index (χ3v) is 5.39. The minimum atomic E-state index is -0.790. The maximum Gasteiger partial charge on any atom is 0.335 e. The number of benzene rings is 3. The predicted molar refractivity (Wildman–Crippen MR) is 129 cm³/mol. The van der Waals surface area contributed by atoms with Gasteiger partial charge in [0.05, 0.1) is 12.8 Å². The summed E-state index contributed by atoms with van der Waals surface area (Å²) in [6.07, 6.45) is 1.43. The molecule has 0 bridgehead atoms. The van der Waals surface area contributed by atoms with Crippen LogP contribution >= 0.6 is 0 Å². The summed E-state index contributed by atoms with van der Waals surface area (Å²) in [5.74, 6) is -0.470. The van der Waals surface area contributed by atoms with Crippen molar-refractivity contribution < 1.29 is 23.9 Å². The van der Waals surface area contributed by atoms with Crippen LogP contribution in [-0.4, -0.2) is 25.0 Å². The van der Waals surface area contributed by atoms with E-state index in [2.05, 4.69) is 5.32 Å². The largest absolute Gasteiger partial charge is 0.497 e. The molecule has 0 unspecified atom stereocenters. The highest BCUT2D eigenvalue weighted by Gasteiger charge is 2.37. The van der Waals surface area contributed by atoms with Gasteiger partial charge in [-0.15, -0.1) is 0 Å². The van der Waals surface area contributed by atoms with E-state index in [0.29, 0.717) is 29.4 Å². The Morgan fingerprint density at radius 1 is 0.912 bits per heavy atom. The lowest BCUT2D eigenvalue weighted by Crippen LogP contribution is -2.54.